The Morgan fingerprint density at radius 3 is 2.39 bits per heavy atom. The Morgan fingerprint density at radius 2 is 1.61 bits per heavy atom. The number of benzene rings is 2. The summed E-state index contributed by atoms with van der Waals surface area (Å²) in [7, 11) is 0. The molecular weight excluding hydrogens is 388 g/mol. The van der Waals surface area contributed by atoms with Gasteiger partial charge in [-0.25, -0.2) is 0 Å². The highest BCUT2D eigenvalue weighted by Crippen LogP contribution is 2.29. The number of hydrogen-bond donors (Lipinski definition) is 1. The van der Waals surface area contributed by atoms with E-state index in [4.69, 9.17) is 4.74 Å². The zero-order chi connectivity index (χ0) is 21.3. The van der Waals surface area contributed by atoms with Gasteiger partial charge in [-0.05, 0) is 29.8 Å². The molecule has 160 valence electrons. The minimum atomic E-state index is -0.0504. The lowest BCUT2D eigenvalue weighted by molar-refractivity contribution is 0.0947. The van der Waals surface area contributed by atoms with Crippen LogP contribution in [0.5, 0.6) is 5.75 Å². The van der Waals surface area contributed by atoms with Gasteiger partial charge in [0, 0.05) is 57.2 Å². The summed E-state index contributed by atoms with van der Waals surface area (Å²) in [5.74, 6) is 0.870. The van der Waals surface area contributed by atoms with E-state index in [1.807, 2.05) is 30.3 Å². The number of amides is 1. The minimum Gasteiger partial charge on any atom is -0.487 e. The smallest absolute Gasteiger partial charge is 0.251 e. The Morgan fingerprint density at radius 1 is 0.903 bits per heavy atom. The summed E-state index contributed by atoms with van der Waals surface area (Å²) in [5, 5.41) is 2.99. The number of rotatable bonds is 8. The van der Waals surface area contributed by atoms with Crippen LogP contribution < -0.4 is 15.0 Å². The van der Waals surface area contributed by atoms with Crippen molar-refractivity contribution >= 4 is 11.6 Å². The van der Waals surface area contributed by atoms with Gasteiger partial charge in [-0.1, -0.05) is 42.5 Å². The Hall–Kier alpha value is -3.38. The van der Waals surface area contributed by atoms with Gasteiger partial charge in [0.15, 0.2) is 0 Å². The minimum absolute atomic E-state index is 0.0504. The molecule has 0 atom stereocenters. The van der Waals surface area contributed by atoms with Crippen molar-refractivity contribution in [1.29, 1.82) is 0 Å². The van der Waals surface area contributed by atoms with Crippen LogP contribution >= 0.6 is 0 Å². The SMILES string of the molecule is O=C(NCCN1CCN(c2ccccc2OCc2ccccc2)CC1)c1ccncc1. The molecule has 31 heavy (non-hydrogen) atoms. The number of pyridine rings is 1. The van der Waals surface area contributed by atoms with Crippen molar-refractivity contribution in [3.8, 4) is 5.75 Å². The number of aromatic nitrogens is 1. The van der Waals surface area contributed by atoms with Crippen LogP contribution in [0.4, 0.5) is 5.69 Å². The fourth-order valence-electron chi connectivity index (χ4n) is 3.72. The molecule has 4 rings (SSSR count). The number of piperazine rings is 1. The quantitative estimate of drug-likeness (QED) is 0.611. The van der Waals surface area contributed by atoms with Crippen LogP contribution in [0.25, 0.3) is 0 Å². The van der Waals surface area contributed by atoms with Crippen molar-refractivity contribution < 1.29 is 9.53 Å². The first-order chi connectivity index (χ1) is 15.3. The average molecular weight is 417 g/mol. The van der Waals surface area contributed by atoms with Gasteiger partial charge in [0.1, 0.15) is 12.4 Å². The van der Waals surface area contributed by atoms with Gasteiger partial charge in [0.05, 0.1) is 5.69 Å². The highest BCUT2D eigenvalue weighted by Gasteiger charge is 2.19. The molecule has 6 nitrogen and oxygen atoms in total. The Kier molecular flexibility index (Phi) is 7.13. The standard InChI is InChI=1S/C25H28N4O2/c30-25(22-10-12-26-13-11-22)27-14-15-28-16-18-29(19-17-28)23-8-4-5-9-24(23)31-20-21-6-2-1-3-7-21/h1-13H,14-20H2,(H,27,30). The van der Waals surface area contributed by atoms with Gasteiger partial charge in [-0.15, -0.1) is 0 Å². The van der Waals surface area contributed by atoms with E-state index in [1.165, 1.54) is 0 Å². The second-order valence-electron chi connectivity index (χ2n) is 7.56. The average Bonchev–Trinajstić information content (AvgIpc) is 2.84. The topological polar surface area (TPSA) is 57.7 Å². The summed E-state index contributed by atoms with van der Waals surface area (Å²) >= 11 is 0. The third kappa shape index (κ3) is 5.83. The van der Waals surface area contributed by atoms with E-state index in [0.29, 0.717) is 18.7 Å². The molecule has 0 spiro atoms. The Labute approximate surface area is 183 Å². The molecule has 0 unspecified atom stereocenters. The zero-order valence-electron chi connectivity index (χ0n) is 17.6. The van der Waals surface area contributed by atoms with Crippen LogP contribution in [0.2, 0.25) is 0 Å². The third-order valence-electron chi connectivity index (χ3n) is 5.47. The predicted octanol–water partition coefficient (Wildman–Crippen LogP) is 3.21. The van der Waals surface area contributed by atoms with Crippen LogP contribution in [0, 0.1) is 0 Å². The van der Waals surface area contributed by atoms with Gasteiger partial charge < -0.3 is 15.0 Å². The number of para-hydroxylation sites is 2. The van der Waals surface area contributed by atoms with Crippen LogP contribution in [0.15, 0.2) is 79.1 Å². The number of carbonyl (C=O) groups is 1. The van der Waals surface area contributed by atoms with E-state index in [1.54, 1.807) is 24.5 Å². The lowest BCUT2D eigenvalue weighted by Crippen LogP contribution is -2.48. The van der Waals surface area contributed by atoms with Crippen LogP contribution in [0.1, 0.15) is 15.9 Å². The second kappa shape index (κ2) is 10.6. The zero-order valence-corrected chi connectivity index (χ0v) is 17.6. The molecule has 1 aliphatic heterocycles. The van der Waals surface area contributed by atoms with Crippen LogP contribution in [-0.4, -0.2) is 55.1 Å². The predicted molar refractivity (Wildman–Crippen MR) is 122 cm³/mol. The van der Waals surface area contributed by atoms with Crippen LogP contribution in [0.3, 0.4) is 0 Å². The first-order valence-electron chi connectivity index (χ1n) is 10.7. The van der Waals surface area contributed by atoms with Gasteiger partial charge in [0.25, 0.3) is 5.91 Å². The molecule has 1 aliphatic rings. The lowest BCUT2D eigenvalue weighted by atomic mass is 10.2. The van der Waals surface area contributed by atoms with E-state index in [-0.39, 0.29) is 5.91 Å². The highest BCUT2D eigenvalue weighted by molar-refractivity contribution is 5.93. The second-order valence-corrected chi connectivity index (χ2v) is 7.56. The number of nitrogens with zero attached hydrogens (tertiary/aromatic N) is 3. The van der Waals surface area contributed by atoms with Crippen molar-refractivity contribution in [2.45, 2.75) is 6.61 Å². The monoisotopic (exact) mass is 416 g/mol. The molecule has 2 aromatic carbocycles. The first-order valence-corrected chi connectivity index (χ1v) is 10.7. The number of carbonyl (C=O) groups excluding carboxylic acids is 1. The van der Waals surface area contributed by atoms with Crippen molar-refractivity contribution in [3.05, 3.63) is 90.3 Å². The molecule has 0 bridgehead atoms. The maximum atomic E-state index is 12.1. The van der Waals surface area contributed by atoms with Crippen molar-refractivity contribution in [2.24, 2.45) is 0 Å². The molecule has 1 aromatic heterocycles. The Bertz CT molecular complexity index is 958. The maximum Gasteiger partial charge on any atom is 0.251 e. The Balaban J connectivity index is 1.25. The normalized spacial score (nSPS) is 14.3. The van der Waals surface area contributed by atoms with Crippen molar-refractivity contribution in [3.63, 3.8) is 0 Å². The van der Waals surface area contributed by atoms with Gasteiger partial charge in [-0.2, -0.15) is 0 Å². The van der Waals surface area contributed by atoms with Crippen LogP contribution in [-0.2, 0) is 6.61 Å². The molecular formula is C25H28N4O2. The van der Waals surface area contributed by atoms with Gasteiger partial charge in [-0.3, -0.25) is 14.7 Å². The lowest BCUT2D eigenvalue weighted by Gasteiger charge is -2.36. The molecule has 0 saturated carbocycles. The molecule has 1 saturated heterocycles. The maximum absolute atomic E-state index is 12.1. The fraction of sp³-hybridized carbons (Fsp3) is 0.280. The summed E-state index contributed by atoms with van der Waals surface area (Å²) in [5.41, 5.74) is 2.95. The van der Waals surface area contributed by atoms with Gasteiger partial charge >= 0.3 is 0 Å². The molecule has 0 aliphatic carbocycles. The molecule has 0 radical (unpaired) electrons. The summed E-state index contributed by atoms with van der Waals surface area (Å²) in [6.07, 6.45) is 3.27. The highest BCUT2D eigenvalue weighted by atomic mass is 16.5. The molecule has 1 fully saturated rings. The van der Waals surface area contributed by atoms with E-state index in [9.17, 15) is 4.79 Å². The number of anilines is 1. The summed E-state index contributed by atoms with van der Waals surface area (Å²) in [6, 6.07) is 21.9. The largest absolute Gasteiger partial charge is 0.487 e. The number of nitrogens with one attached hydrogen (secondary N) is 1. The molecule has 1 amide bonds. The summed E-state index contributed by atoms with van der Waals surface area (Å²) in [4.78, 5) is 20.9. The number of ether oxygens (including phenoxy) is 1. The van der Waals surface area contributed by atoms with E-state index in [2.05, 4.69) is 44.4 Å². The molecule has 1 N–H and O–H groups in total. The first kappa shape index (κ1) is 20.9. The van der Waals surface area contributed by atoms with Gasteiger partial charge in [0.2, 0.25) is 0 Å². The summed E-state index contributed by atoms with van der Waals surface area (Å²) in [6.45, 7) is 5.83. The van der Waals surface area contributed by atoms with E-state index in [0.717, 1.165) is 49.7 Å². The van der Waals surface area contributed by atoms with E-state index < -0.39 is 0 Å². The summed E-state index contributed by atoms with van der Waals surface area (Å²) < 4.78 is 6.13. The third-order valence-corrected chi connectivity index (χ3v) is 5.47. The van der Waals surface area contributed by atoms with Crippen molar-refractivity contribution in [1.82, 2.24) is 15.2 Å². The van der Waals surface area contributed by atoms with Crippen molar-refractivity contribution in [2.75, 3.05) is 44.2 Å². The fourth-order valence-corrected chi connectivity index (χ4v) is 3.72. The molecule has 2 heterocycles. The molecule has 6 heteroatoms. The van der Waals surface area contributed by atoms with E-state index >= 15 is 0 Å². The number of hydrogen-bond acceptors (Lipinski definition) is 5. The molecule has 3 aromatic rings.